The number of aryl methyl sites for hydroxylation is 1. The molecule has 8 heteroatoms. The van der Waals surface area contributed by atoms with E-state index in [4.69, 9.17) is 0 Å². The minimum atomic E-state index is 0. The number of carbonyl (C=O) groups is 1. The van der Waals surface area contributed by atoms with Gasteiger partial charge in [-0.1, -0.05) is 13.8 Å². The van der Waals surface area contributed by atoms with Gasteiger partial charge in [0.2, 0.25) is 5.91 Å². The van der Waals surface area contributed by atoms with E-state index < -0.39 is 0 Å². The topological polar surface area (TPSA) is 48.5 Å². The van der Waals surface area contributed by atoms with Crippen molar-refractivity contribution < 1.29 is 4.79 Å². The zero-order chi connectivity index (χ0) is 14.8. The van der Waals surface area contributed by atoms with Crippen LogP contribution in [0.3, 0.4) is 0 Å². The molecule has 5 nitrogen and oxygen atoms in total. The molecular weight excluding hydrogens is 355 g/mol. The standard InChI is InChI=1S/C15H24N4OS.2ClH/c1-3-13-10-17-15(21-13)19-6-4-18(5-7-19)14(20)11(2)12-8-16-9-12;;/h10-12,16H,3-9H2,1-2H3;2*1H. The summed E-state index contributed by atoms with van der Waals surface area (Å²) in [6, 6.07) is 0. The summed E-state index contributed by atoms with van der Waals surface area (Å²) in [6.45, 7) is 9.67. The molecule has 1 amide bonds. The third-order valence-electron chi connectivity index (χ3n) is 4.66. The summed E-state index contributed by atoms with van der Waals surface area (Å²) in [5, 5.41) is 4.36. The third-order valence-corrected chi connectivity index (χ3v) is 5.86. The quantitative estimate of drug-likeness (QED) is 0.868. The summed E-state index contributed by atoms with van der Waals surface area (Å²) < 4.78 is 0. The van der Waals surface area contributed by atoms with Crippen LogP contribution in [0.2, 0.25) is 0 Å². The Morgan fingerprint density at radius 2 is 2.00 bits per heavy atom. The molecule has 3 heterocycles. The summed E-state index contributed by atoms with van der Waals surface area (Å²) in [5.74, 6) is 1.01. The van der Waals surface area contributed by atoms with Crippen molar-refractivity contribution in [2.45, 2.75) is 20.3 Å². The summed E-state index contributed by atoms with van der Waals surface area (Å²) >= 11 is 1.78. The van der Waals surface area contributed by atoms with Gasteiger partial charge in [-0.25, -0.2) is 4.98 Å². The van der Waals surface area contributed by atoms with Crippen LogP contribution in [0.4, 0.5) is 5.13 Å². The van der Waals surface area contributed by atoms with Crippen LogP contribution in [0.1, 0.15) is 18.7 Å². The number of piperazine rings is 1. The van der Waals surface area contributed by atoms with E-state index in [1.807, 2.05) is 11.1 Å². The van der Waals surface area contributed by atoms with Crippen molar-refractivity contribution >= 4 is 47.2 Å². The highest BCUT2D eigenvalue weighted by Gasteiger charge is 2.33. The van der Waals surface area contributed by atoms with Gasteiger partial charge in [-0.15, -0.1) is 36.2 Å². The van der Waals surface area contributed by atoms with Gasteiger partial charge in [-0.3, -0.25) is 4.79 Å². The maximum absolute atomic E-state index is 12.5. The Labute approximate surface area is 154 Å². The van der Waals surface area contributed by atoms with Crippen LogP contribution in [-0.2, 0) is 11.2 Å². The number of rotatable bonds is 4. The van der Waals surface area contributed by atoms with E-state index in [-0.39, 0.29) is 30.7 Å². The molecule has 0 radical (unpaired) electrons. The highest BCUT2D eigenvalue weighted by molar-refractivity contribution is 7.15. The molecule has 1 N–H and O–H groups in total. The van der Waals surface area contributed by atoms with Crippen LogP contribution in [-0.4, -0.2) is 55.1 Å². The zero-order valence-electron chi connectivity index (χ0n) is 13.7. The average molecular weight is 381 g/mol. The Morgan fingerprint density at radius 1 is 1.35 bits per heavy atom. The Balaban J connectivity index is 0.00000132. The maximum atomic E-state index is 12.5. The van der Waals surface area contributed by atoms with Crippen LogP contribution >= 0.6 is 36.2 Å². The first-order valence-corrected chi connectivity index (χ1v) is 8.70. The predicted molar refractivity (Wildman–Crippen MR) is 100 cm³/mol. The Hall–Kier alpha value is -0.560. The number of anilines is 1. The van der Waals surface area contributed by atoms with E-state index in [1.54, 1.807) is 11.3 Å². The van der Waals surface area contributed by atoms with Crippen molar-refractivity contribution in [3.63, 3.8) is 0 Å². The average Bonchev–Trinajstić information content (AvgIpc) is 2.93. The van der Waals surface area contributed by atoms with E-state index in [0.717, 1.165) is 50.8 Å². The highest BCUT2D eigenvalue weighted by atomic mass is 35.5. The molecule has 0 aliphatic carbocycles. The van der Waals surface area contributed by atoms with Gasteiger partial charge in [-0.2, -0.15) is 0 Å². The second-order valence-corrected chi connectivity index (χ2v) is 7.08. The first kappa shape index (κ1) is 20.5. The molecule has 1 atom stereocenters. The van der Waals surface area contributed by atoms with Gasteiger partial charge in [0.1, 0.15) is 0 Å². The Kier molecular flexibility index (Phi) is 8.07. The SMILES string of the molecule is CCc1cnc(N2CCN(C(=O)C(C)C3CNC3)CC2)s1.Cl.Cl. The van der Waals surface area contributed by atoms with Gasteiger partial charge in [0.15, 0.2) is 5.13 Å². The molecule has 132 valence electrons. The predicted octanol–water partition coefficient (Wildman–Crippen LogP) is 2.05. The normalized spacial score (nSPS) is 19.4. The minimum absolute atomic E-state index is 0. The van der Waals surface area contributed by atoms with Gasteiger partial charge in [0, 0.05) is 43.2 Å². The lowest BCUT2D eigenvalue weighted by molar-refractivity contribution is -0.137. The summed E-state index contributed by atoms with van der Waals surface area (Å²) in [4.78, 5) is 22.7. The van der Waals surface area contributed by atoms with Gasteiger partial charge in [0.05, 0.1) is 0 Å². The molecule has 1 aromatic rings. The van der Waals surface area contributed by atoms with Crippen LogP contribution in [0.25, 0.3) is 0 Å². The van der Waals surface area contributed by atoms with E-state index in [0.29, 0.717) is 11.8 Å². The monoisotopic (exact) mass is 380 g/mol. The number of amides is 1. The largest absolute Gasteiger partial charge is 0.345 e. The van der Waals surface area contributed by atoms with Crippen molar-refractivity contribution in [2.75, 3.05) is 44.2 Å². The lowest BCUT2D eigenvalue weighted by Crippen LogP contribution is -2.54. The molecule has 0 spiro atoms. The summed E-state index contributed by atoms with van der Waals surface area (Å²) in [6.07, 6.45) is 3.02. The van der Waals surface area contributed by atoms with Crippen LogP contribution in [0.15, 0.2) is 6.20 Å². The molecule has 1 aromatic heterocycles. The van der Waals surface area contributed by atoms with Crippen LogP contribution in [0.5, 0.6) is 0 Å². The lowest BCUT2D eigenvalue weighted by Gasteiger charge is -2.39. The van der Waals surface area contributed by atoms with Crippen LogP contribution < -0.4 is 10.2 Å². The van der Waals surface area contributed by atoms with Crippen molar-refractivity contribution in [1.29, 1.82) is 0 Å². The smallest absolute Gasteiger partial charge is 0.225 e. The van der Waals surface area contributed by atoms with Crippen molar-refractivity contribution in [1.82, 2.24) is 15.2 Å². The molecule has 0 aromatic carbocycles. The number of aromatic nitrogens is 1. The fraction of sp³-hybridized carbons (Fsp3) is 0.733. The molecular formula is C15H26Cl2N4OS. The Morgan fingerprint density at radius 3 is 2.48 bits per heavy atom. The molecule has 23 heavy (non-hydrogen) atoms. The van der Waals surface area contributed by atoms with Crippen LogP contribution in [0, 0.1) is 11.8 Å². The van der Waals surface area contributed by atoms with Gasteiger partial charge in [-0.05, 0) is 25.4 Å². The highest BCUT2D eigenvalue weighted by Crippen LogP contribution is 2.25. The molecule has 0 saturated carbocycles. The van der Waals surface area contributed by atoms with Crippen molar-refractivity contribution in [3.05, 3.63) is 11.1 Å². The number of thiazole rings is 1. The van der Waals surface area contributed by atoms with Gasteiger partial charge in [0.25, 0.3) is 0 Å². The van der Waals surface area contributed by atoms with Gasteiger partial charge >= 0.3 is 0 Å². The fourth-order valence-corrected chi connectivity index (χ4v) is 3.78. The second-order valence-electron chi connectivity index (χ2n) is 5.98. The molecule has 2 aliphatic rings. The molecule has 2 aliphatic heterocycles. The molecule has 2 fully saturated rings. The number of hydrogen-bond donors (Lipinski definition) is 1. The lowest BCUT2D eigenvalue weighted by atomic mass is 9.88. The number of nitrogens with zero attached hydrogens (tertiary/aromatic N) is 3. The molecule has 3 rings (SSSR count). The van der Waals surface area contributed by atoms with Gasteiger partial charge < -0.3 is 15.1 Å². The van der Waals surface area contributed by atoms with Crippen molar-refractivity contribution in [3.8, 4) is 0 Å². The maximum Gasteiger partial charge on any atom is 0.225 e. The molecule has 0 bridgehead atoms. The van der Waals surface area contributed by atoms with E-state index >= 15 is 0 Å². The number of nitrogens with one attached hydrogen (secondary N) is 1. The van der Waals surface area contributed by atoms with E-state index in [1.165, 1.54) is 4.88 Å². The fourth-order valence-electron chi connectivity index (χ4n) is 2.88. The third kappa shape index (κ3) is 4.50. The van der Waals surface area contributed by atoms with E-state index in [9.17, 15) is 4.79 Å². The minimum Gasteiger partial charge on any atom is -0.345 e. The summed E-state index contributed by atoms with van der Waals surface area (Å²) in [7, 11) is 0. The first-order valence-electron chi connectivity index (χ1n) is 7.88. The number of carbonyl (C=O) groups excluding carboxylic acids is 1. The second kappa shape index (κ2) is 9.06. The number of hydrogen-bond acceptors (Lipinski definition) is 5. The molecule has 1 unspecified atom stereocenters. The van der Waals surface area contributed by atoms with E-state index in [2.05, 4.69) is 29.0 Å². The molecule has 2 saturated heterocycles. The summed E-state index contributed by atoms with van der Waals surface area (Å²) in [5.41, 5.74) is 0. The zero-order valence-corrected chi connectivity index (χ0v) is 16.1. The first-order chi connectivity index (χ1) is 10.2. The number of halogens is 2. The van der Waals surface area contributed by atoms with Crippen molar-refractivity contribution in [2.24, 2.45) is 11.8 Å². The Bertz CT molecular complexity index is 501.